The van der Waals surface area contributed by atoms with Crippen LogP contribution in [0.1, 0.15) is 24.8 Å². The number of aryl methyl sites for hydroxylation is 1. The number of ether oxygens (including phenoxy) is 1. The van der Waals surface area contributed by atoms with Crippen molar-refractivity contribution in [1.29, 1.82) is 0 Å². The number of methoxy groups -OCH3 is 1. The lowest BCUT2D eigenvalue weighted by atomic mass is 10.1. The molecule has 130 valence electrons. The van der Waals surface area contributed by atoms with E-state index in [0.29, 0.717) is 37.2 Å². The summed E-state index contributed by atoms with van der Waals surface area (Å²) in [5.74, 6) is 0.657. The molecule has 1 heterocycles. The third kappa shape index (κ3) is 4.18. The van der Waals surface area contributed by atoms with Gasteiger partial charge in [0.15, 0.2) is 0 Å². The van der Waals surface area contributed by atoms with Gasteiger partial charge in [-0.15, -0.1) is 0 Å². The van der Waals surface area contributed by atoms with Gasteiger partial charge in [-0.2, -0.15) is 0 Å². The summed E-state index contributed by atoms with van der Waals surface area (Å²) in [6, 6.07) is 15.3. The molecule has 0 atom stereocenters. The largest absolute Gasteiger partial charge is 0.494 e. The highest BCUT2D eigenvalue weighted by molar-refractivity contribution is 5.98. The van der Waals surface area contributed by atoms with Gasteiger partial charge in [-0.25, -0.2) is 0 Å². The number of hydrogen-bond acceptors (Lipinski definition) is 3. The summed E-state index contributed by atoms with van der Waals surface area (Å²) in [5.41, 5.74) is 2.57. The molecule has 0 saturated carbocycles. The third-order valence-electron chi connectivity index (χ3n) is 4.31. The quantitative estimate of drug-likeness (QED) is 0.878. The maximum absolute atomic E-state index is 12.2. The van der Waals surface area contributed by atoms with Crippen molar-refractivity contribution < 1.29 is 14.3 Å². The van der Waals surface area contributed by atoms with Crippen LogP contribution in [0.2, 0.25) is 0 Å². The van der Waals surface area contributed by atoms with Gasteiger partial charge in [0.25, 0.3) is 0 Å². The van der Waals surface area contributed by atoms with Crippen LogP contribution in [-0.2, 0) is 16.0 Å². The molecule has 5 nitrogen and oxygen atoms in total. The summed E-state index contributed by atoms with van der Waals surface area (Å²) < 4.78 is 5.41. The van der Waals surface area contributed by atoms with Crippen molar-refractivity contribution in [3.05, 3.63) is 54.1 Å². The molecule has 0 unspecified atom stereocenters. The van der Waals surface area contributed by atoms with Crippen LogP contribution in [-0.4, -0.2) is 25.5 Å². The molecular weight excluding hydrogens is 316 g/mol. The fraction of sp³-hybridized carbons (Fsp3) is 0.300. The Morgan fingerprint density at radius 2 is 2.00 bits per heavy atom. The van der Waals surface area contributed by atoms with Gasteiger partial charge in [-0.3, -0.25) is 9.59 Å². The standard InChI is InChI=1S/C20H22N2O3/c1-25-18-14-16(10-11-17(18)22-13-5-8-20(22)24)21-19(23)12-9-15-6-3-2-4-7-15/h2-4,6-7,10-11,14H,5,8-9,12-13H2,1H3,(H,21,23). The van der Waals surface area contributed by atoms with Crippen molar-refractivity contribution in [3.63, 3.8) is 0 Å². The molecule has 25 heavy (non-hydrogen) atoms. The van der Waals surface area contributed by atoms with E-state index in [1.165, 1.54) is 0 Å². The van der Waals surface area contributed by atoms with Crippen molar-refractivity contribution in [2.24, 2.45) is 0 Å². The minimum atomic E-state index is -0.0455. The highest BCUT2D eigenvalue weighted by Gasteiger charge is 2.24. The summed E-state index contributed by atoms with van der Waals surface area (Å²) in [6.07, 6.45) is 2.55. The fourth-order valence-corrected chi connectivity index (χ4v) is 3.01. The Kier molecular flexibility index (Phi) is 5.33. The number of benzene rings is 2. The molecule has 0 aliphatic carbocycles. The molecule has 0 bridgehead atoms. The van der Waals surface area contributed by atoms with E-state index in [9.17, 15) is 9.59 Å². The zero-order valence-corrected chi connectivity index (χ0v) is 14.3. The van der Waals surface area contributed by atoms with Gasteiger partial charge in [0, 0.05) is 31.1 Å². The Morgan fingerprint density at radius 1 is 1.20 bits per heavy atom. The molecule has 1 aliphatic rings. The highest BCUT2D eigenvalue weighted by atomic mass is 16.5. The number of rotatable bonds is 6. The van der Waals surface area contributed by atoms with Crippen LogP contribution in [0.15, 0.2) is 48.5 Å². The average Bonchev–Trinajstić information content (AvgIpc) is 3.06. The number of amides is 2. The first-order valence-corrected chi connectivity index (χ1v) is 8.49. The monoisotopic (exact) mass is 338 g/mol. The van der Waals surface area contributed by atoms with E-state index >= 15 is 0 Å². The lowest BCUT2D eigenvalue weighted by molar-refractivity contribution is -0.117. The highest BCUT2D eigenvalue weighted by Crippen LogP contribution is 2.33. The molecule has 1 fully saturated rings. The van der Waals surface area contributed by atoms with E-state index in [4.69, 9.17) is 4.74 Å². The first-order chi connectivity index (χ1) is 12.2. The van der Waals surface area contributed by atoms with Crippen molar-refractivity contribution in [2.75, 3.05) is 23.9 Å². The molecule has 1 saturated heterocycles. The van der Waals surface area contributed by atoms with Crippen molar-refractivity contribution in [1.82, 2.24) is 0 Å². The summed E-state index contributed by atoms with van der Waals surface area (Å²) >= 11 is 0. The summed E-state index contributed by atoms with van der Waals surface area (Å²) in [4.78, 5) is 25.8. The Hall–Kier alpha value is -2.82. The van der Waals surface area contributed by atoms with Crippen LogP contribution in [0.5, 0.6) is 5.75 Å². The van der Waals surface area contributed by atoms with E-state index in [1.54, 1.807) is 18.1 Å². The lowest BCUT2D eigenvalue weighted by Gasteiger charge is -2.19. The van der Waals surface area contributed by atoms with E-state index in [-0.39, 0.29) is 11.8 Å². The molecule has 1 aliphatic heterocycles. The second-order valence-corrected chi connectivity index (χ2v) is 6.07. The van der Waals surface area contributed by atoms with Gasteiger partial charge in [-0.05, 0) is 30.5 Å². The van der Waals surface area contributed by atoms with Gasteiger partial charge >= 0.3 is 0 Å². The molecule has 0 spiro atoms. The number of carbonyl (C=O) groups is 2. The maximum atomic E-state index is 12.2. The van der Waals surface area contributed by atoms with E-state index < -0.39 is 0 Å². The smallest absolute Gasteiger partial charge is 0.227 e. The van der Waals surface area contributed by atoms with Crippen LogP contribution in [0.4, 0.5) is 11.4 Å². The molecule has 0 aromatic heterocycles. The van der Waals surface area contributed by atoms with E-state index in [1.807, 2.05) is 42.5 Å². The van der Waals surface area contributed by atoms with E-state index in [0.717, 1.165) is 17.7 Å². The minimum absolute atomic E-state index is 0.0455. The Bertz CT molecular complexity index is 759. The second kappa shape index (κ2) is 7.83. The fourth-order valence-electron chi connectivity index (χ4n) is 3.01. The predicted octanol–water partition coefficient (Wildman–Crippen LogP) is 3.39. The minimum Gasteiger partial charge on any atom is -0.494 e. The van der Waals surface area contributed by atoms with E-state index in [2.05, 4.69) is 5.32 Å². The molecular formula is C20H22N2O3. The Labute approximate surface area is 147 Å². The predicted molar refractivity (Wildman–Crippen MR) is 98.0 cm³/mol. The van der Waals surface area contributed by atoms with Crippen LogP contribution in [0, 0.1) is 0 Å². The molecule has 2 amide bonds. The number of anilines is 2. The van der Waals surface area contributed by atoms with Gasteiger partial charge in [0.1, 0.15) is 5.75 Å². The zero-order chi connectivity index (χ0) is 17.6. The number of carbonyl (C=O) groups excluding carboxylic acids is 2. The molecule has 3 rings (SSSR count). The van der Waals surface area contributed by atoms with Crippen molar-refractivity contribution in [2.45, 2.75) is 25.7 Å². The average molecular weight is 338 g/mol. The number of nitrogens with one attached hydrogen (secondary N) is 1. The van der Waals surface area contributed by atoms with Crippen molar-refractivity contribution >= 4 is 23.2 Å². The first kappa shape index (κ1) is 17.0. The summed E-state index contributed by atoms with van der Waals surface area (Å²) in [5, 5.41) is 2.89. The van der Waals surface area contributed by atoms with Gasteiger partial charge < -0.3 is 15.0 Å². The number of hydrogen-bond donors (Lipinski definition) is 1. The molecule has 2 aromatic carbocycles. The van der Waals surface area contributed by atoms with Gasteiger partial charge in [0.2, 0.25) is 11.8 Å². The molecule has 1 N–H and O–H groups in total. The Balaban J connectivity index is 1.64. The first-order valence-electron chi connectivity index (χ1n) is 8.49. The van der Waals surface area contributed by atoms with Crippen LogP contribution < -0.4 is 15.0 Å². The lowest BCUT2D eigenvalue weighted by Crippen LogP contribution is -2.24. The van der Waals surface area contributed by atoms with Gasteiger partial charge in [-0.1, -0.05) is 30.3 Å². The topological polar surface area (TPSA) is 58.6 Å². The van der Waals surface area contributed by atoms with Crippen molar-refractivity contribution in [3.8, 4) is 5.75 Å². The van der Waals surface area contributed by atoms with Gasteiger partial charge in [0.05, 0.1) is 12.8 Å². The zero-order valence-electron chi connectivity index (χ0n) is 14.3. The number of nitrogens with zero attached hydrogens (tertiary/aromatic N) is 1. The molecule has 5 heteroatoms. The normalized spacial score (nSPS) is 13.8. The molecule has 2 aromatic rings. The van der Waals surface area contributed by atoms with Crippen LogP contribution in [0.3, 0.4) is 0 Å². The van der Waals surface area contributed by atoms with Crippen LogP contribution in [0.25, 0.3) is 0 Å². The summed E-state index contributed by atoms with van der Waals surface area (Å²) in [7, 11) is 1.57. The van der Waals surface area contributed by atoms with Crippen LogP contribution >= 0.6 is 0 Å². The summed E-state index contributed by atoms with van der Waals surface area (Å²) in [6.45, 7) is 0.706. The Morgan fingerprint density at radius 3 is 2.68 bits per heavy atom. The third-order valence-corrected chi connectivity index (χ3v) is 4.31. The second-order valence-electron chi connectivity index (χ2n) is 6.07. The SMILES string of the molecule is COc1cc(NC(=O)CCc2ccccc2)ccc1N1CCCC1=O. The molecule has 0 radical (unpaired) electrons. The maximum Gasteiger partial charge on any atom is 0.227 e.